The highest BCUT2D eigenvalue weighted by Gasteiger charge is 2.23. The van der Waals surface area contributed by atoms with Crippen LogP contribution in [-0.2, 0) is 9.59 Å². The van der Waals surface area contributed by atoms with E-state index >= 15 is 0 Å². The van der Waals surface area contributed by atoms with Gasteiger partial charge in [-0.25, -0.2) is 0 Å². The Bertz CT molecular complexity index is 544. The van der Waals surface area contributed by atoms with E-state index in [1.165, 1.54) is 0 Å². The highest BCUT2D eigenvalue weighted by atomic mass is 35.5. The first kappa shape index (κ1) is 16.8. The summed E-state index contributed by atoms with van der Waals surface area (Å²) in [5, 5.41) is 6.22. The third kappa shape index (κ3) is 3.78. The Kier molecular flexibility index (Phi) is 5.80. The fraction of sp³-hybridized carbons (Fsp3) is 0.500. The molecular formula is C16H22ClN3O2. The number of hydrogen-bond acceptors (Lipinski definition) is 3. The van der Waals surface area contributed by atoms with Crippen LogP contribution < -0.4 is 15.5 Å². The molecule has 1 aromatic carbocycles. The molecule has 1 unspecified atom stereocenters. The van der Waals surface area contributed by atoms with Crippen LogP contribution in [0.3, 0.4) is 0 Å². The number of halogens is 1. The Morgan fingerprint density at radius 2 is 2.18 bits per heavy atom. The third-order valence-corrected chi connectivity index (χ3v) is 4.17. The number of nitrogens with zero attached hydrogens (tertiary/aromatic N) is 1. The van der Waals surface area contributed by atoms with Crippen LogP contribution in [0.1, 0.15) is 25.7 Å². The lowest BCUT2D eigenvalue weighted by Crippen LogP contribution is -2.37. The number of benzene rings is 1. The van der Waals surface area contributed by atoms with Gasteiger partial charge in [0.05, 0.1) is 5.92 Å². The number of rotatable bonds is 3. The largest absolute Gasteiger partial charge is 0.326 e. The van der Waals surface area contributed by atoms with E-state index in [9.17, 15) is 9.59 Å². The highest BCUT2D eigenvalue weighted by Crippen LogP contribution is 2.24. The fourth-order valence-electron chi connectivity index (χ4n) is 2.99. The van der Waals surface area contributed by atoms with Gasteiger partial charge in [0, 0.05) is 30.9 Å². The molecule has 1 aromatic rings. The normalized spacial score (nSPS) is 21.4. The van der Waals surface area contributed by atoms with Gasteiger partial charge in [-0.15, -0.1) is 12.4 Å². The van der Waals surface area contributed by atoms with Crippen molar-refractivity contribution in [2.24, 2.45) is 5.92 Å². The lowest BCUT2D eigenvalue weighted by molar-refractivity contribution is -0.120. The van der Waals surface area contributed by atoms with E-state index in [0.717, 1.165) is 50.3 Å². The van der Waals surface area contributed by atoms with Gasteiger partial charge in [-0.1, -0.05) is 6.07 Å². The maximum absolute atomic E-state index is 12.2. The molecule has 0 aliphatic carbocycles. The smallest absolute Gasteiger partial charge is 0.228 e. The molecule has 5 nitrogen and oxygen atoms in total. The number of anilines is 2. The summed E-state index contributed by atoms with van der Waals surface area (Å²) >= 11 is 0. The first-order valence-electron chi connectivity index (χ1n) is 7.66. The summed E-state index contributed by atoms with van der Waals surface area (Å²) in [4.78, 5) is 25.8. The van der Waals surface area contributed by atoms with E-state index in [2.05, 4.69) is 10.6 Å². The van der Waals surface area contributed by atoms with E-state index < -0.39 is 0 Å². The summed E-state index contributed by atoms with van der Waals surface area (Å²) in [6, 6.07) is 7.56. The Labute approximate surface area is 136 Å². The SMILES string of the molecule is Cl.O=C(Nc1cccc(N2CCCC2=O)c1)C1CCCNC1. The van der Waals surface area contributed by atoms with Crippen LogP contribution in [0.25, 0.3) is 0 Å². The van der Waals surface area contributed by atoms with Gasteiger partial charge in [-0.05, 0) is 44.0 Å². The van der Waals surface area contributed by atoms with Crippen molar-refractivity contribution in [1.29, 1.82) is 0 Å². The van der Waals surface area contributed by atoms with E-state index in [-0.39, 0.29) is 30.1 Å². The van der Waals surface area contributed by atoms with Crippen LogP contribution in [0.4, 0.5) is 11.4 Å². The first-order chi connectivity index (χ1) is 10.2. The number of carbonyl (C=O) groups excluding carboxylic acids is 2. The van der Waals surface area contributed by atoms with Crippen molar-refractivity contribution in [3.8, 4) is 0 Å². The molecule has 3 rings (SSSR count). The fourth-order valence-corrected chi connectivity index (χ4v) is 2.99. The van der Waals surface area contributed by atoms with Gasteiger partial charge in [-0.2, -0.15) is 0 Å². The molecule has 2 heterocycles. The molecule has 0 aromatic heterocycles. The second-order valence-corrected chi connectivity index (χ2v) is 5.73. The number of hydrogen-bond donors (Lipinski definition) is 2. The second kappa shape index (κ2) is 7.61. The molecule has 22 heavy (non-hydrogen) atoms. The third-order valence-electron chi connectivity index (χ3n) is 4.17. The van der Waals surface area contributed by atoms with Crippen molar-refractivity contribution >= 4 is 35.6 Å². The molecule has 120 valence electrons. The monoisotopic (exact) mass is 323 g/mol. The second-order valence-electron chi connectivity index (χ2n) is 5.73. The molecule has 1 atom stereocenters. The van der Waals surface area contributed by atoms with Gasteiger partial charge in [0.2, 0.25) is 11.8 Å². The summed E-state index contributed by atoms with van der Waals surface area (Å²) in [6.07, 6.45) is 3.50. The average Bonchev–Trinajstić information content (AvgIpc) is 2.94. The van der Waals surface area contributed by atoms with Crippen LogP contribution in [0.2, 0.25) is 0 Å². The summed E-state index contributed by atoms with van der Waals surface area (Å²) in [5.74, 6) is 0.262. The van der Waals surface area contributed by atoms with Crippen LogP contribution in [0.15, 0.2) is 24.3 Å². The number of nitrogens with one attached hydrogen (secondary N) is 2. The molecule has 2 saturated heterocycles. The van der Waals surface area contributed by atoms with E-state index in [0.29, 0.717) is 6.42 Å². The lowest BCUT2D eigenvalue weighted by Gasteiger charge is -2.22. The Morgan fingerprint density at radius 1 is 1.32 bits per heavy atom. The zero-order chi connectivity index (χ0) is 14.7. The van der Waals surface area contributed by atoms with Crippen molar-refractivity contribution in [2.75, 3.05) is 29.9 Å². The van der Waals surface area contributed by atoms with E-state index in [1.807, 2.05) is 24.3 Å². The van der Waals surface area contributed by atoms with E-state index in [4.69, 9.17) is 0 Å². The van der Waals surface area contributed by atoms with E-state index in [1.54, 1.807) is 4.90 Å². The minimum Gasteiger partial charge on any atom is -0.326 e. The Hall–Kier alpha value is -1.59. The maximum Gasteiger partial charge on any atom is 0.228 e. The maximum atomic E-state index is 12.2. The molecule has 0 bridgehead atoms. The van der Waals surface area contributed by atoms with Gasteiger partial charge in [-0.3, -0.25) is 9.59 Å². The molecule has 0 spiro atoms. The molecule has 2 fully saturated rings. The quantitative estimate of drug-likeness (QED) is 0.896. The molecule has 0 radical (unpaired) electrons. The molecule has 2 aliphatic rings. The van der Waals surface area contributed by atoms with Crippen molar-refractivity contribution < 1.29 is 9.59 Å². The number of piperidine rings is 1. The Morgan fingerprint density at radius 3 is 2.86 bits per heavy atom. The molecule has 0 saturated carbocycles. The molecule has 2 amide bonds. The number of carbonyl (C=O) groups is 2. The number of amides is 2. The summed E-state index contributed by atoms with van der Waals surface area (Å²) in [6.45, 7) is 2.51. The van der Waals surface area contributed by atoms with Crippen molar-refractivity contribution in [3.05, 3.63) is 24.3 Å². The van der Waals surface area contributed by atoms with Gasteiger partial charge in [0.25, 0.3) is 0 Å². The zero-order valence-corrected chi connectivity index (χ0v) is 13.3. The van der Waals surface area contributed by atoms with Gasteiger partial charge >= 0.3 is 0 Å². The zero-order valence-electron chi connectivity index (χ0n) is 12.5. The topological polar surface area (TPSA) is 61.4 Å². The molecule has 2 aliphatic heterocycles. The van der Waals surface area contributed by atoms with Crippen LogP contribution in [0.5, 0.6) is 0 Å². The average molecular weight is 324 g/mol. The van der Waals surface area contributed by atoms with Gasteiger partial charge in [0.1, 0.15) is 0 Å². The predicted octanol–water partition coefficient (Wildman–Crippen LogP) is 2.17. The minimum atomic E-state index is 0. The van der Waals surface area contributed by atoms with Crippen molar-refractivity contribution in [2.45, 2.75) is 25.7 Å². The predicted molar refractivity (Wildman–Crippen MR) is 89.5 cm³/mol. The Balaban J connectivity index is 0.00000176. The highest BCUT2D eigenvalue weighted by molar-refractivity contribution is 5.97. The molecule has 2 N–H and O–H groups in total. The van der Waals surface area contributed by atoms with Gasteiger partial charge in [0.15, 0.2) is 0 Å². The lowest BCUT2D eigenvalue weighted by atomic mass is 9.99. The van der Waals surface area contributed by atoms with Crippen LogP contribution in [-0.4, -0.2) is 31.4 Å². The summed E-state index contributed by atoms with van der Waals surface area (Å²) in [5.41, 5.74) is 1.64. The van der Waals surface area contributed by atoms with Crippen LogP contribution in [0, 0.1) is 5.92 Å². The van der Waals surface area contributed by atoms with Gasteiger partial charge < -0.3 is 15.5 Å². The summed E-state index contributed by atoms with van der Waals surface area (Å²) < 4.78 is 0. The first-order valence-corrected chi connectivity index (χ1v) is 7.66. The molecule has 6 heteroatoms. The van der Waals surface area contributed by atoms with Crippen molar-refractivity contribution in [3.63, 3.8) is 0 Å². The summed E-state index contributed by atoms with van der Waals surface area (Å²) in [7, 11) is 0. The molecular weight excluding hydrogens is 302 g/mol. The minimum absolute atomic E-state index is 0. The van der Waals surface area contributed by atoms with Crippen LogP contribution >= 0.6 is 12.4 Å². The standard InChI is InChI=1S/C16H21N3O2.ClH/c20-15-7-3-9-19(15)14-6-1-5-13(10-14)18-16(21)12-4-2-8-17-11-12;/h1,5-6,10,12,17H,2-4,7-9,11H2,(H,18,21);1H. The van der Waals surface area contributed by atoms with Crippen molar-refractivity contribution in [1.82, 2.24) is 5.32 Å².